The molecule has 0 radical (unpaired) electrons. The van der Waals surface area contributed by atoms with Crippen LogP contribution >= 0.6 is 0 Å². The van der Waals surface area contributed by atoms with Crippen molar-refractivity contribution in [3.05, 3.63) is 0 Å². The maximum atomic E-state index is 8.85. The summed E-state index contributed by atoms with van der Waals surface area (Å²) in [5, 5.41) is 12.1. The monoisotopic (exact) mass is 189 g/mol. The zero-order chi connectivity index (χ0) is 10.5. The van der Waals surface area contributed by atoms with Crippen LogP contribution in [0.4, 0.5) is 0 Å². The van der Waals surface area contributed by atoms with Crippen LogP contribution in [-0.2, 0) is 4.74 Å². The van der Waals surface area contributed by atoms with Gasteiger partial charge in [0.2, 0.25) is 0 Å². The summed E-state index contributed by atoms with van der Waals surface area (Å²) in [7, 11) is 1.72. The van der Waals surface area contributed by atoms with E-state index >= 15 is 0 Å². The fourth-order valence-electron chi connectivity index (χ4n) is 1.42. The Hall–Kier alpha value is -0.120. The van der Waals surface area contributed by atoms with E-state index in [1.807, 2.05) is 6.92 Å². The standard InChI is InChI=1S/C10H23NO2/c1-8(11-9(2)7-12)6-10(3,4)13-5/h8-9,11-12H,6-7H2,1-5H3/t8-,9+/m1/s1. The lowest BCUT2D eigenvalue weighted by atomic mass is 9.99. The molecule has 0 aliphatic heterocycles. The predicted octanol–water partition coefficient (Wildman–Crippen LogP) is 1.16. The number of hydrogen-bond donors (Lipinski definition) is 2. The fourth-order valence-corrected chi connectivity index (χ4v) is 1.42. The molecule has 0 aromatic carbocycles. The molecule has 0 aliphatic rings. The third-order valence-corrected chi connectivity index (χ3v) is 2.19. The van der Waals surface area contributed by atoms with E-state index in [2.05, 4.69) is 26.1 Å². The summed E-state index contributed by atoms with van der Waals surface area (Å²) >= 11 is 0. The summed E-state index contributed by atoms with van der Waals surface area (Å²) in [5.41, 5.74) is -0.0956. The van der Waals surface area contributed by atoms with Gasteiger partial charge in [-0.3, -0.25) is 0 Å². The molecule has 0 saturated carbocycles. The molecule has 0 amide bonds. The van der Waals surface area contributed by atoms with Gasteiger partial charge in [0.25, 0.3) is 0 Å². The minimum atomic E-state index is -0.0956. The minimum absolute atomic E-state index is 0.0956. The number of methoxy groups -OCH3 is 1. The lowest BCUT2D eigenvalue weighted by Gasteiger charge is -2.28. The highest BCUT2D eigenvalue weighted by molar-refractivity contribution is 4.76. The van der Waals surface area contributed by atoms with E-state index < -0.39 is 0 Å². The smallest absolute Gasteiger partial charge is 0.0637 e. The highest BCUT2D eigenvalue weighted by Crippen LogP contribution is 2.15. The molecule has 0 saturated heterocycles. The molecule has 0 aromatic heterocycles. The second kappa shape index (κ2) is 5.58. The molecular formula is C10H23NO2. The quantitative estimate of drug-likeness (QED) is 0.659. The van der Waals surface area contributed by atoms with Crippen molar-refractivity contribution in [2.24, 2.45) is 0 Å². The van der Waals surface area contributed by atoms with E-state index in [4.69, 9.17) is 9.84 Å². The van der Waals surface area contributed by atoms with Gasteiger partial charge >= 0.3 is 0 Å². The molecule has 3 nitrogen and oxygen atoms in total. The van der Waals surface area contributed by atoms with Crippen LogP contribution in [0.5, 0.6) is 0 Å². The number of aliphatic hydroxyl groups excluding tert-OH is 1. The molecule has 0 rings (SSSR count). The number of ether oxygens (including phenoxy) is 1. The molecular weight excluding hydrogens is 166 g/mol. The summed E-state index contributed by atoms with van der Waals surface area (Å²) in [5.74, 6) is 0. The van der Waals surface area contributed by atoms with Gasteiger partial charge in [-0.1, -0.05) is 0 Å². The van der Waals surface area contributed by atoms with Crippen molar-refractivity contribution >= 4 is 0 Å². The van der Waals surface area contributed by atoms with E-state index in [0.29, 0.717) is 6.04 Å². The predicted molar refractivity (Wildman–Crippen MR) is 54.9 cm³/mol. The van der Waals surface area contributed by atoms with Crippen LogP contribution < -0.4 is 5.32 Å². The van der Waals surface area contributed by atoms with Crippen LogP contribution in [0.2, 0.25) is 0 Å². The summed E-state index contributed by atoms with van der Waals surface area (Å²) in [6.45, 7) is 8.38. The Balaban J connectivity index is 3.79. The molecule has 0 fully saturated rings. The third kappa shape index (κ3) is 6.02. The van der Waals surface area contributed by atoms with Crippen LogP contribution in [0.25, 0.3) is 0 Å². The normalized spacial score (nSPS) is 17.1. The second-order valence-corrected chi connectivity index (χ2v) is 4.32. The molecule has 0 aromatic rings. The Labute approximate surface area is 81.5 Å². The van der Waals surface area contributed by atoms with Crippen molar-refractivity contribution in [3.63, 3.8) is 0 Å². The molecule has 2 atom stereocenters. The zero-order valence-electron chi connectivity index (χ0n) is 9.42. The van der Waals surface area contributed by atoms with Gasteiger partial charge in [-0.2, -0.15) is 0 Å². The van der Waals surface area contributed by atoms with Crippen molar-refractivity contribution in [2.45, 2.75) is 51.8 Å². The van der Waals surface area contributed by atoms with E-state index in [1.165, 1.54) is 0 Å². The van der Waals surface area contributed by atoms with Gasteiger partial charge in [-0.15, -0.1) is 0 Å². The first-order chi connectivity index (χ1) is 5.91. The Morgan fingerprint density at radius 1 is 1.31 bits per heavy atom. The molecule has 2 N–H and O–H groups in total. The molecule has 80 valence electrons. The average molecular weight is 189 g/mol. The van der Waals surface area contributed by atoms with Gasteiger partial charge in [0.05, 0.1) is 12.2 Å². The number of hydrogen-bond acceptors (Lipinski definition) is 3. The Kier molecular flexibility index (Phi) is 5.53. The number of aliphatic hydroxyl groups is 1. The molecule has 0 spiro atoms. The van der Waals surface area contributed by atoms with Crippen molar-refractivity contribution in [1.29, 1.82) is 0 Å². The first-order valence-corrected chi connectivity index (χ1v) is 4.83. The second-order valence-electron chi connectivity index (χ2n) is 4.32. The highest BCUT2D eigenvalue weighted by Gasteiger charge is 2.20. The zero-order valence-corrected chi connectivity index (χ0v) is 9.42. The Morgan fingerprint density at radius 2 is 1.85 bits per heavy atom. The van der Waals surface area contributed by atoms with Crippen LogP contribution in [0.1, 0.15) is 34.1 Å². The van der Waals surface area contributed by atoms with Crippen LogP contribution in [0, 0.1) is 0 Å². The summed E-state index contributed by atoms with van der Waals surface area (Å²) in [4.78, 5) is 0. The maximum Gasteiger partial charge on any atom is 0.0637 e. The maximum absolute atomic E-state index is 8.85. The molecule has 0 bridgehead atoms. The molecule has 0 unspecified atom stereocenters. The average Bonchev–Trinajstić information content (AvgIpc) is 2.03. The van der Waals surface area contributed by atoms with Crippen molar-refractivity contribution in [2.75, 3.05) is 13.7 Å². The largest absolute Gasteiger partial charge is 0.395 e. The fraction of sp³-hybridized carbons (Fsp3) is 1.00. The first-order valence-electron chi connectivity index (χ1n) is 4.83. The van der Waals surface area contributed by atoms with E-state index in [1.54, 1.807) is 7.11 Å². The van der Waals surface area contributed by atoms with Crippen LogP contribution in [0.15, 0.2) is 0 Å². The lowest BCUT2D eigenvalue weighted by Crippen LogP contribution is -2.41. The molecule has 0 aliphatic carbocycles. The Morgan fingerprint density at radius 3 is 2.23 bits per heavy atom. The van der Waals surface area contributed by atoms with Gasteiger partial charge < -0.3 is 15.2 Å². The van der Waals surface area contributed by atoms with E-state index in [0.717, 1.165) is 6.42 Å². The third-order valence-electron chi connectivity index (χ3n) is 2.19. The Bertz CT molecular complexity index is 137. The molecule has 13 heavy (non-hydrogen) atoms. The molecule has 3 heteroatoms. The van der Waals surface area contributed by atoms with Crippen molar-refractivity contribution in [1.82, 2.24) is 5.32 Å². The van der Waals surface area contributed by atoms with Gasteiger partial charge in [-0.25, -0.2) is 0 Å². The number of rotatable bonds is 6. The first kappa shape index (κ1) is 12.9. The van der Waals surface area contributed by atoms with Crippen molar-refractivity contribution < 1.29 is 9.84 Å². The minimum Gasteiger partial charge on any atom is -0.395 e. The highest BCUT2D eigenvalue weighted by atomic mass is 16.5. The van der Waals surface area contributed by atoms with Gasteiger partial charge in [0.1, 0.15) is 0 Å². The summed E-state index contributed by atoms with van der Waals surface area (Å²) < 4.78 is 5.32. The summed E-state index contributed by atoms with van der Waals surface area (Å²) in [6, 6.07) is 0.514. The van der Waals surface area contributed by atoms with Crippen LogP contribution in [0.3, 0.4) is 0 Å². The molecule has 0 heterocycles. The van der Waals surface area contributed by atoms with Crippen molar-refractivity contribution in [3.8, 4) is 0 Å². The topological polar surface area (TPSA) is 41.5 Å². The van der Waals surface area contributed by atoms with Gasteiger partial charge in [-0.05, 0) is 34.1 Å². The van der Waals surface area contributed by atoms with E-state index in [9.17, 15) is 0 Å². The van der Waals surface area contributed by atoms with E-state index in [-0.39, 0.29) is 18.2 Å². The lowest BCUT2D eigenvalue weighted by molar-refractivity contribution is 0.00725. The van der Waals surface area contributed by atoms with Gasteiger partial charge in [0, 0.05) is 19.2 Å². The number of nitrogens with one attached hydrogen (secondary N) is 1. The summed E-state index contributed by atoms with van der Waals surface area (Å²) in [6.07, 6.45) is 0.938. The van der Waals surface area contributed by atoms with Gasteiger partial charge in [0.15, 0.2) is 0 Å². The van der Waals surface area contributed by atoms with Crippen LogP contribution in [-0.4, -0.2) is 36.5 Å². The SMILES string of the molecule is COC(C)(C)C[C@@H](C)N[C@@H](C)CO.